The highest BCUT2D eigenvalue weighted by Crippen LogP contribution is 2.41. The minimum absolute atomic E-state index is 0.449. The summed E-state index contributed by atoms with van der Waals surface area (Å²) in [5.41, 5.74) is 9.74. The monoisotopic (exact) mass is 382 g/mol. The first kappa shape index (κ1) is 17.8. The van der Waals surface area contributed by atoms with E-state index in [1.54, 1.807) is 0 Å². The highest BCUT2D eigenvalue weighted by Gasteiger charge is 2.32. The van der Waals surface area contributed by atoms with Gasteiger partial charge >= 0.3 is 5.97 Å². The topological polar surface area (TPSA) is 77.3 Å². The largest absolute Gasteiger partial charge is 0.467 e. The predicted molar refractivity (Wildman–Crippen MR) is 95.5 cm³/mol. The molecular formula is C17H23BrN2O3. The van der Waals surface area contributed by atoms with E-state index >= 15 is 0 Å². The average molecular weight is 383 g/mol. The Morgan fingerprint density at radius 1 is 1.35 bits per heavy atom. The summed E-state index contributed by atoms with van der Waals surface area (Å²) in [5.74, 6) is -0.449. The summed E-state index contributed by atoms with van der Waals surface area (Å²) in [6.45, 7) is 9.54. The van der Waals surface area contributed by atoms with Gasteiger partial charge in [-0.25, -0.2) is 4.79 Å². The van der Waals surface area contributed by atoms with Crippen molar-refractivity contribution in [2.24, 2.45) is 0 Å². The number of carbonyl (C=O) groups excluding carboxylic acids is 1. The molecule has 0 saturated carbocycles. The summed E-state index contributed by atoms with van der Waals surface area (Å²) >= 11 is 3.62. The molecule has 0 amide bonds. The number of nitrogen functional groups attached to an aromatic ring is 1. The zero-order valence-corrected chi connectivity index (χ0v) is 15.9. The van der Waals surface area contributed by atoms with Crippen LogP contribution in [0.5, 0.6) is 0 Å². The fourth-order valence-corrected chi connectivity index (χ4v) is 3.43. The van der Waals surface area contributed by atoms with Crippen molar-refractivity contribution in [2.45, 2.75) is 46.3 Å². The quantitative estimate of drug-likeness (QED) is 0.616. The van der Waals surface area contributed by atoms with Crippen LogP contribution in [0.25, 0.3) is 10.9 Å². The van der Waals surface area contributed by atoms with Crippen molar-refractivity contribution in [3.63, 3.8) is 0 Å². The van der Waals surface area contributed by atoms with Crippen molar-refractivity contribution in [1.82, 2.24) is 4.98 Å². The Labute approximate surface area is 144 Å². The zero-order chi connectivity index (χ0) is 17.5. The number of nitrogens with two attached hydrogens (primary N) is 1. The Kier molecular flexibility index (Phi) is 4.78. The van der Waals surface area contributed by atoms with E-state index in [1.807, 2.05) is 40.7 Å². The van der Waals surface area contributed by atoms with Gasteiger partial charge in [0.2, 0.25) is 0 Å². The minimum Gasteiger partial charge on any atom is -0.467 e. The molecule has 3 N–H and O–H groups in total. The molecular weight excluding hydrogens is 360 g/mol. The van der Waals surface area contributed by atoms with Gasteiger partial charge in [-0.2, -0.15) is 0 Å². The first-order valence-electron chi connectivity index (χ1n) is 7.39. The van der Waals surface area contributed by atoms with E-state index < -0.39 is 17.7 Å². The number of H-pyrrole nitrogens is 1. The third-order valence-corrected chi connectivity index (χ3v) is 4.51. The van der Waals surface area contributed by atoms with E-state index in [1.165, 1.54) is 7.11 Å². The molecule has 6 heteroatoms. The number of aromatic amines is 1. The van der Waals surface area contributed by atoms with E-state index in [0.29, 0.717) is 11.3 Å². The number of carbonyl (C=O) groups is 1. The number of nitrogens with one attached hydrogen (secondary N) is 1. The molecule has 0 aliphatic heterocycles. The molecule has 1 aromatic heterocycles. The lowest BCUT2D eigenvalue weighted by Crippen LogP contribution is -2.29. The van der Waals surface area contributed by atoms with Gasteiger partial charge in [-0.3, -0.25) is 0 Å². The van der Waals surface area contributed by atoms with Crippen molar-refractivity contribution in [3.8, 4) is 0 Å². The summed E-state index contributed by atoms with van der Waals surface area (Å²) < 4.78 is 11.7. The molecule has 1 heterocycles. The maximum Gasteiger partial charge on any atom is 0.339 e. The SMILES string of the molecule is COC(=O)[C@@H](OC(C)(C)C)c1c(C)c(N)c2[nH]c(C)cc2c1Br. The fourth-order valence-electron chi connectivity index (χ4n) is 2.61. The molecule has 0 unspecified atom stereocenters. The number of halogens is 1. The molecule has 5 nitrogen and oxygen atoms in total. The van der Waals surface area contributed by atoms with Crippen LogP contribution in [0.2, 0.25) is 0 Å². The Hall–Kier alpha value is -1.53. The van der Waals surface area contributed by atoms with Crippen LogP contribution in [0.15, 0.2) is 10.5 Å². The number of hydrogen-bond donors (Lipinski definition) is 2. The number of hydrogen-bond acceptors (Lipinski definition) is 4. The number of aryl methyl sites for hydroxylation is 1. The molecule has 1 atom stereocenters. The Morgan fingerprint density at radius 3 is 2.48 bits per heavy atom. The Morgan fingerprint density at radius 2 is 1.96 bits per heavy atom. The van der Waals surface area contributed by atoms with Crippen molar-refractivity contribution < 1.29 is 14.3 Å². The standard InChI is InChI=1S/C17H23BrN2O3/c1-8-7-10-12(18)11(9(2)13(19)14(10)20-8)15(16(21)22-6)23-17(3,4)5/h7,15,20H,19H2,1-6H3/t15-/m0/s1. The Bertz CT molecular complexity index is 760. The van der Waals surface area contributed by atoms with Gasteiger partial charge in [0.25, 0.3) is 0 Å². The summed E-state index contributed by atoms with van der Waals surface area (Å²) in [4.78, 5) is 15.6. The maximum atomic E-state index is 12.3. The molecule has 2 aromatic rings. The molecule has 0 bridgehead atoms. The number of aromatic nitrogens is 1. The van der Waals surface area contributed by atoms with Crippen LogP contribution >= 0.6 is 15.9 Å². The lowest BCUT2D eigenvalue weighted by atomic mass is 9.98. The van der Waals surface area contributed by atoms with Gasteiger partial charge in [0.15, 0.2) is 6.10 Å². The molecule has 0 aliphatic rings. The van der Waals surface area contributed by atoms with Gasteiger partial charge in [-0.15, -0.1) is 0 Å². The lowest BCUT2D eigenvalue weighted by Gasteiger charge is -2.28. The molecule has 0 spiro atoms. The van der Waals surface area contributed by atoms with Gasteiger partial charge in [-0.1, -0.05) is 0 Å². The van der Waals surface area contributed by atoms with Gasteiger partial charge in [0.1, 0.15) is 0 Å². The highest BCUT2D eigenvalue weighted by atomic mass is 79.9. The van der Waals surface area contributed by atoms with Crippen LogP contribution < -0.4 is 5.73 Å². The van der Waals surface area contributed by atoms with E-state index in [2.05, 4.69) is 20.9 Å². The molecule has 0 saturated heterocycles. The van der Waals surface area contributed by atoms with Crippen LogP contribution in [0.3, 0.4) is 0 Å². The summed E-state index contributed by atoms with van der Waals surface area (Å²) in [6, 6.07) is 1.99. The average Bonchev–Trinajstić information content (AvgIpc) is 2.84. The lowest BCUT2D eigenvalue weighted by molar-refractivity contribution is -0.164. The first-order chi connectivity index (χ1) is 10.6. The van der Waals surface area contributed by atoms with Crippen molar-refractivity contribution in [2.75, 3.05) is 12.8 Å². The van der Waals surface area contributed by atoms with Crippen LogP contribution in [-0.4, -0.2) is 23.7 Å². The molecule has 2 rings (SSSR count). The van der Waals surface area contributed by atoms with Gasteiger partial charge in [-0.05, 0) is 62.2 Å². The second kappa shape index (κ2) is 6.17. The number of rotatable bonds is 3. The molecule has 1 aromatic carbocycles. The van der Waals surface area contributed by atoms with Crippen LogP contribution in [0.4, 0.5) is 5.69 Å². The van der Waals surface area contributed by atoms with E-state index in [9.17, 15) is 4.79 Å². The zero-order valence-electron chi connectivity index (χ0n) is 14.3. The fraction of sp³-hybridized carbons (Fsp3) is 0.471. The summed E-state index contributed by atoms with van der Waals surface area (Å²) in [7, 11) is 1.35. The number of ether oxygens (including phenoxy) is 2. The van der Waals surface area contributed by atoms with Gasteiger partial charge in [0.05, 0.1) is 23.9 Å². The second-order valence-corrected chi connectivity index (χ2v) is 7.43. The van der Waals surface area contributed by atoms with Crippen LogP contribution in [0.1, 0.15) is 43.7 Å². The van der Waals surface area contributed by atoms with Crippen LogP contribution in [0, 0.1) is 13.8 Å². The number of fused-ring (bicyclic) bond motifs is 1. The Balaban J connectivity index is 2.74. The second-order valence-electron chi connectivity index (χ2n) is 6.64. The van der Waals surface area contributed by atoms with Gasteiger partial charge < -0.3 is 20.2 Å². The van der Waals surface area contributed by atoms with Crippen LogP contribution in [-0.2, 0) is 14.3 Å². The molecule has 126 valence electrons. The summed E-state index contributed by atoms with van der Waals surface area (Å²) in [5, 5.41) is 0.923. The molecule has 0 radical (unpaired) electrons. The number of anilines is 1. The summed E-state index contributed by atoms with van der Waals surface area (Å²) in [6.07, 6.45) is -0.851. The van der Waals surface area contributed by atoms with Crippen molar-refractivity contribution in [3.05, 3.63) is 27.4 Å². The smallest absolute Gasteiger partial charge is 0.339 e. The normalized spacial score (nSPS) is 13.3. The van der Waals surface area contributed by atoms with E-state index in [0.717, 1.165) is 26.6 Å². The van der Waals surface area contributed by atoms with E-state index in [4.69, 9.17) is 15.2 Å². The number of esters is 1. The van der Waals surface area contributed by atoms with E-state index in [-0.39, 0.29) is 0 Å². The number of benzene rings is 1. The molecule has 23 heavy (non-hydrogen) atoms. The third-order valence-electron chi connectivity index (χ3n) is 3.65. The molecule has 0 aliphatic carbocycles. The van der Waals surface area contributed by atoms with Crippen molar-refractivity contribution in [1.29, 1.82) is 0 Å². The van der Waals surface area contributed by atoms with Crippen molar-refractivity contribution >= 4 is 38.5 Å². The molecule has 0 fully saturated rings. The van der Waals surface area contributed by atoms with Gasteiger partial charge in [0, 0.05) is 21.1 Å². The third kappa shape index (κ3) is 3.38. The predicted octanol–water partition coefficient (Wildman–Crippen LogP) is 4.16. The maximum absolute atomic E-state index is 12.3. The first-order valence-corrected chi connectivity index (χ1v) is 8.18. The minimum atomic E-state index is -0.851. The highest BCUT2D eigenvalue weighted by molar-refractivity contribution is 9.10. The number of methoxy groups -OCH3 is 1.